The summed E-state index contributed by atoms with van der Waals surface area (Å²) in [6.45, 7) is 5.90. The maximum Gasteiger partial charge on any atom is 0.251 e. The monoisotopic (exact) mass is 237 g/mol. The molecule has 0 aliphatic carbocycles. The largest absolute Gasteiger partial charge is 0.349 e. The molecule has 0 bridgehead atoms. The molecule has 0 radical (unpaired) electrons. The van der Waals surface area contributed by atoms with Gasteiger partial charge >= 0.3 is 0 Å². The van der Waals surface area contributed by atoms with Gasteiger partial charge in [-0.2, -0.15) is 0 Å². The van der Waals surface area contributed by atoms with Crippen LogP contribution in [0.25, 0.3) is 0 Å². The third-order valence-electron chi connectivity index (χ3n) is 2.90. The Balaban J connectivity index is 2.75. The number of carbonyl (C=O) groups excluding carboxylic acids is 1. The summed E-state index contributed by atoms with van der Waals surface area (Å²) in [5, 5.41) is 2.98. The summed E-state index contributed by atoms with van der Waals surface area (Å²) in [4.78, 5) is 12.0. The predicted molar refractivity (Wildman–Crippen MR) is 67.6 cm³/mol. The van der Waals surface area contributed by atoms with Gasteiger partial charge in [0.2, 0.25) is 0 Å². The Morgan fingerprint density at radius 2 is 2.12 bits per heavy atom. The number of hydrogen-bond donors (Lipinski definition) is 1. The molecule has 1 N–H and O–H groups in total. The molecule has 94 valence electrons. The van der Waals surface area contributed by atoms with E-state index in [4.69, 9.17) is 0 Å². The molecule has 2 nitrogen and oxygen atoms in total. The van der Waals surface area contributed by atoms with Crippen LogP contribution in [-0.2, 0) is 0 Å². The molecule has 0 aromatic heterocycles. The van der Waals surface area contributed by atoms with Crippen LogP contribution in [0.2, 0.25) is 0 Å². The first-order valence-corrected chi connectivity index (χ1v) is 6.15. The summed E-state index contributed by atoms with van der Waals surface area (Å²) in [5.74, 6) is -0.414. The summed E-state index contributed by atoms with van der Waals surface area (Å²) < 4.78 is 12.9. The van der Waals surface area contributed by atoms with Crippen molar-refractivity contribution in [2.75, 3.05) is 0 Å². The summed E-state index contributed by atoms with van der Waals surface area (Å²) in [6, 6.07) is 4.45. The van der Waals surface area contributed by atoms with Crippen LogP contribution in [0.1, 0.15) is 49.0 Å². The van der Waals surface area contributed by atoms with E-state index in [0.717, 1.165) is 19.3 Å². The second-order valence-electron chi connectivity index (χ2n) is 4.33. The topological polar surface area (TPSA) is 29.1 Å². The number of rotatable bonds is 5. The van der Waals surface area contributed by atoms with E-state index in [0.29, 0.717) is 11.1 Å². The molecule has 17 heavy (non-hydrogen) atoms. The van der Waals surface area contributed by atoms with Crippen LogP contribution in [0.15, 0.2) is 18.2 Å². The van der Waals surface area contributed by atoms with Gasteiger partial charge in [0.05, 0.1) is 0 Å². The van der Waals surface area contributed by atoms with E-state index >= 15 is 0 Å². The molecule has 0 saturated heterocycles. The summed E-state index contributed by atoms with van der Waals surface area (Å²) >= 11 is 0. The van der Waals surface area contributed by atoms with Gasteiger partial charge in [-0.05, 0) is 43.5 Å². The third kappa shape index (κ3) is 3.84. The minimum Gasteiger partial charge on any atom is -0.349 e. The van der Waals surface area contributed by atoms with Crippen LogP contribution in [0, 0.1) is 12.7 Å². The zero-order valence-electron chi connectivity index (χ0n) is 10.7. The molecule has 1 amide bonds. The van der Waals surface area contributed by atoms with Crippen LogP contribution >= 0.6 is 0 Å². The van der Waals surface area contributed by atoms with E-state index in [2.05, 4.69) is 19.2 Å². The Bertz CT molecular complexity index is 390. The lowest BCUT2D eigenvalue weighted by Gasteiger charge is -2.16. The van der Waals surface area contributed by atoms with Crippen LogP contribution in [0.4, 0.5) is 4.39 Å². The number of carbonyl (C=O) groups is 1. The van der Waals surface area contributed by atoms with Gasteiger partial charge in [0.1, 0.15) is 5.82 Å². The van der Waals surface area contributed by atoms with Gasteiger partial charge in [0.25, 0.3) is 5.91 Å². The first kappa shape index (κ1) is 13.7. The van der Waals surface area contributed by atoms with Crippen molar-refractivity contribution in [3.8, 4) is 0 Å². The van der Waals surface area contributed by atoms with Crippen molar-refractivity contribution in [2.45, 2.75) is 46.1 Å². The van der Waals surface area contributed by atoms with E-state index in [1.807, 2.05) is 0 Å². The van der Waals surface area contributed by atoms with Gasteiger partial charge < -0.3 is 5.32 Å². The lowest BCUT2D eigenvalue weighted by molar-refractivity contribution is 0.0933. The number of nitrogens with one attached hydrogen (secondary N) is 1. The fraction of sp³-hybridized carbons (Fsp3) is 0.500. The quantitative estimate of drug-likeness (QED) is 0.835. The summed E-state index contributed by atoms with van der Waals surface area (Å²) in [6.07, 6.45) is 2.93. The van der Waals surface area contributed by atoms with Crippen LogP contribution < -0.4 is 5.32 Å². The third-order valence-corrected chi connectivity index (χ3v) is 2.90. The highest BCUT2D eigenvalue weighted by atomic mass is 19.1. The van der Waals surface area contributed by atoms with Gasteiger partial charge in [0.15, 0.2) is 0 Å². The van der Waals surface area contributed by atoms with Gasteiger partial charge in [-0.1, -0.05) is 20.3 Å². The molecule has 1 atom stereocenters. The maximum atomic E-state index is 12.9. The van der Waals surface area contributed by atoms with Gasteiger partial charge in [-0.15, -0.1) is 0 Å². The fourth-order valence-corrected chi connectivity index (χ4v) is 1.87. The Kier molecular flexibility index (Phi) is 5.13. The molecule has 3 heteroatoms. The van der Waals surface area contributed by atoms with E-state index in [-0.39, 0.29) is 17.8 Å². The zero-order chi connectivity index (χ0) is 12.8. The van der Waals surface area contributed by atoms with E-state index in [9.17, 15) is 9.18 Å². The average molecular weight is 237 g/mol. The molecule has 0 fully saturated rings. The Morgan fingerprint density at radius 1 is 1.41 bits per heavy atom. The van der Waals surface area contributed by atoms with Crippen molar-refractivity contribution in [3.63, 3.8) is 0 Å². The molecule has 0 aliphatic rings. The number of halogens is 1. The molecule has 0 spiro atoms. The standard InChI is InChI=1S/C14H20FNO/c1-4-6-12(5-2)16-14(17)13-8-7-11(15)9-10(13)3/h7-9,12H,4-6H2,1-3H3,(H,16,17). The van der Waals surface area contributed by atoms with E-state index in [1.54, 1.807) is 13.0 Å². The van der Waals surface area contributed by atoms with Crippen molar-refractivity contribution in [3.05, 3.63) is 35.1 Å². The number of aryl methyl sites for hydroxylation is 1. The van der Waals surface area contributed by atoms with E-state index in [1.165, 1.54) is 12.1 Å². The second kappa shape index (κ2) is 6.38. The number of amides is 1. The SMILES string of the molecule is CCCC(CC)NC(=O)c1ccc(F)cc1C. The highest BCUT2D eigenvalue weighted by Gasteiger charge is 2.13. The van der Waals surface area contributed by atoms with Gasteiger partial charge in [0, 0.05) is 11.6 Å². The molecule has 1 aromatic rings. The minimum absolute atomic E-state index is 0.109. The summed E-state index contributed by atoms with van der Waals surface area (Å²) in [7, 11) is 0. The molecule has 1 rings (SSSR count). The first-order valence-electron chi connectivity index (χ1n) is 6.15. The second-order valence-corrected chi connectivity index (χ2v) is 4.33. The smallest absolute Gasteiger partial charge is 0.251 e. The molecule has 0 heterocycles. The average Bonchev–Trinajstić information content (AvgIpc) is 2.28. The van der Waals surface area contributed by atoms with Gasteiger partial charge in [-0.25, -0.2) is 4.39 Å². The van der Waals surface area contributed by atoms with Crippen LogP contribution in [0.3, 0.4) is 0 Å². The van der Waals surface area contributed by atoms with Crippen molar-refractivity contribution < 1.29 is 9.18 Å². The van der Waals surface area contributed by atoms with E-state index < -0.39 is 0 Å². The van der Waals surface area contributed by atoms with Gasteiger partial charge in [-0.3, -0.25) is 4.79 Å². The zero-order valence-corrected chi connectivity index (χ0v) is 10.7. The lowest BCUT2D eigenvalue weighted by atomic mass is 10.1. The molecular weight excluding hydrogens is 217 g/mol. The Labute approximate surface area is 102 Å². The fourth-order valence-electron chi connectivity index (χ4n) is 1.87. The number of benzene rings is 1. The van der Waals surface area contributed by atoms with Crippen molar-refractivity contribution >= 4 is 5.91 Å². The summed E-state index contributed by atoms with van der Waals surface area (Å²) in [5.41, 5.74) is 1.23. The van der Waals surface area contributed by atoms with Crippen molar-refractivity contribution in [1.29, 1.82) is 0 Å². The molecular formula is C14H20FNO. The first-order chi connectivity index (χ1) is 8.08. The van der Waals surface area contributed by atoms with Crippen LogP contribution in [-0.4, -0.2) is 11.9 Å². The Morgan fingerprint density at radius 3 is 2.65 bits per heavy atom. The molecule has 1 unspecified atom stereocenters. The number of hydrogen-bond acceptors (Lipinski definition) is 1. The molecule has 0 aliphatic heterocycles. The maximum absolute atomic E-state index is 12.9. The minimum atomic E-state index is -0.306. The molecule has 1 aromatic carbocycles. The normalized spacial score (nSPS) is 12.2. The Hall–Kier alpha value is -1.38. The highest BCUT2D eigenvalue weighted by Crippen LogP contribution is 2.11. The van der Waals surface area contributed by atoms with Crippen molar-refractivity contribution in [2.24, 2.45) is 0 Å². The van der Waals surface area contributed by atoms with Crippen molar-refractivity contribution in [1.82, 2.24) is 5.32 Å². The highest BCUT2D eigenvalue weighted by molar-refractivity contribution is 5.95. The van der Waals surface area contributed by atoms with Crippen LogP contribution in [0.5, 0.6) is 0 Å². The predicted octanol–water partition coefficient (Wildman–Crippen LogP) is 3.44. The lowest BCUT2D eigenvalue weighted by Crippen LogP contribution is -2.34. The molecule has 0 saturated carbocycles.